The Labute approximate surface area is 388 Å². The molecule has 320 valence electrons. The highest BCUT2D eigenvalue weighted by Gasteiger charge is 2.38. The van der Waals surface area contributed by atoms with E-state index in [1.165, 1.54) is 91.8 Å². The minimum Gasteiger partial charge on any atom is -0.456 e. The van der Waals surface area contributed by atoms with Crippen LogP contribution in [0, 0.1) is 0 Å². The van der Waals surface area contributed by atoms with Gasteiger partial charge in [0.1, 0.15) is 22.3 Å². The molecule has 6 heteroatoms. The molecule has 12 aromatic rings. The molecular weight excluding hydrogens is 824 g/mol. The van der Waals surface area contributed by atoms with Gasteiger partial charge in [0.15, 0.2) is 7.28 Å². The Morgan fingerprint density at radius 3 is 2.05 bits per heavy atom. The molecule has 0 spiro atoms. The van der Waals surface area contributed by atoms with Gasteiger partial charge in [-0.1, -0.05) is 115 Å². The van der Waals surface area contributed by atoms with Gasteiger partial charge >= 0.3 is 0 Å². The van der Waals surface area contributed by atoms with E-state index in [0.29, 0.717) is 0 Å². The molecule has 0 fully saturated rings. The molecule has 0 saturated carbocycles. The highest BCUT2D eigenvalue weighted by molar-refractivity contribution is 7.26. The van der Waals surface area contributed by atoms with E-state index >= 15 is 0 Å². The number of para-hydroxylation sites is 1. The monoisotopic (exact) mass is 872 g/mol. The quantitative estimate of drug-likeness (QED) is 0.180. The van der Waals surface area contributed by atoms with Gasteiger partial charge in [-0.2, -0.15) is 0 Å². The van der Waals surface area contributed by atoms with E-state index in [9.17, 15) is 0 Å². The standard InChI is InChI=1S/C60H49BN2O2S/c1-58(2,3)32-16-18-33(19-17-32)62-47-30-52-41(42-26-44-45(28-51(42)65-52)60(6,7)23-22-59(44,4)5)24-38(47)36-20-21-37-39-25-40-34-12-8-10-14-50(34)64-53(40)31-48(39)63-49-27-43-35-13-9-11-15-54(35)66-55(43)29-46(49)61-56(36)57(37)63/h8-21,24-31,61-62H,22-23H2,1-7H3. The molecule has 0 radical (unpaired) electrons. The van der Waals surface area contributed by atoms with Gasteiger partial charge in [0.2, 0.25) is 0 Å². The molecule has 66 heavy (non-hydrogen) atoms. The largest absolute Gasteiger partial charge is 0.456 e. The fourth-order valence-corrected chi connectivity index (χ4v) is 13.0. The van der Waals surface area contributed by atoms with Crippen molar-refractivity contribution in [3.8, 4) is 16.8 Å². The lowest BCUT2D eigenvalue weighted by Gasteiger charge is -2.41. The molecule has 0 unspecified atom stereocenters. The average Bonchev–Trinajstić information content (AvgIpc) is 4.05. The number of nitrogens with one attached hydrogen (secondary N) is 1. The predicted molar refractivity (Wildman–Crippen MR) is 284 cm³/mol. The molecule has 1 aliphatic carbocycles. The van der Waals surface area contributed by atoms with E-state index in [0.717, 1.165) is 70.0 Å². The van der Waals surface area contributed by atoms with Gasteiger partial charge in [0, 0.05) is 87.1 Å². The SMILES string of the molecule is CC(C)(C)c1ccc(Nc2cc3oc4cc5c(cc4c3cc2-c2ccc3c4cc6c(cc4n4c3c2Bc2cc3sc7ccccc7c3cc2-4)oc2ccccc26)C(C)(C)CCC5(C)C)cc1. The van der Waals surface area contributed by atoms with Crippen molar-refractivity contribution >= 4 is 127 Å². The summed E-state index contributed by atoms with van der Waals surface area (Å²) in [6, 6.07) is 50.1. The van der Waals surface area contributed by atoms with Crippen LogP contribution in [0.1, 0.15) is 78.0 Å². The van der Waals surface area contributed by atoms with E-state index in [1.54, 1.807) is 0 Å². The normalized spacial score (nSPS) is 15.4. The number of anilines is 2. The zero-order chi connectivity index (χ0) is 44.6. The Balaban J connectivity index is 1.07. The van der Waals surface area contributed by atoms with Crippen LogP contribution in [0.3, 0.4) is 0 Å². The first kappa shape index (κ1) is 38.5. The fraction of sp³-hybridized carbons (Fsp3) is 0.200. The van der Waals surface area contributed by atoms with Crippen LogP contribution in [0.2, 0.25) is 0 Å². The number of aromatic nitrogens is 1. The molecule has 0 saturated heterocycles. The van der Waals surface area contributed by atoms with Crippen LogP contribution in [-0.2, 0) is 16.2 Å². The fourth-order valence-electron chi connectivity index (χ4n) is 11.8. The maximum Gasteiger partial charge on any atom is 0.198 e. The van der Waals surface area contributed by atoms with Gasteiger partial charge < -0.3 is 18.7 Å². The molecule has 4 nitrogen and oxygen atoms in total. The van der Waals surface area contributed by atoms with Crippen molar-refractivity contribution in [3.05, 3.63) is 150 Å². The molecule has 5 heterocycles. The second-order valence-corrected chi connectivity index (χ2v) is 22.7. The number of furan rings is 2. The first-order valence-electron chi connectivity index (χ1n) is 23.6. The Morgan fingerprint density at radius 1 is 0.561 bits per heavy atom. The number of thiophene rings is 1. The van der Waals surface area contributed by atoms with Crippen molar-refractivity contribution < 1.29 is 8.83 Å². The summed E-state index contributed by atoms with van der Waals surface area (Å²) in [5.41, 5.74) is 18.9. The molecule has 1 N–H and O–H groups in total. The molecule has 8 aromatic carbocycles. The third-order valence-corrected chi connectivity index (χ3v) is 16.8. The summed E-state index contributed by atoms with van der Waals surface area (Å²) in [4.78, 5) is 0. The van der Waals surface area contributed by atoms with E-state index < -0.39 is 0 Å². The lowest BCUT2D eigenvalue weighted by Crippen LogP contribution is -2.37. The van der Waals surface area contributed by atoms with Gasteiger partial charge in [0.05, 0.1) is 11.2 Å². The maximum absolute atomic E-state index is 6.93. The van der Waals surface area contributed by atoms with E-state index in [1.807, 2.05) is 11.3 Å². The van der Waals surface area contributed by atoms with Crippen LogP contribution in [0.4, 0.5) is 11.4 Å². The topological polar surface area (TPSA) is 43.2 Å². The maximum atomic E-state index is 6.93. The molecule has 0 atom stereocenters. The number of rotatable bonds is 3. The van der Waals surface area contributed by atoms with E-state index in [2.05, 4.69) is 192 Å². The molecule has 1 aliphatic heterocycles. The van der Waals surface area contributed by atoms with Gasteiger partial charge in [0.25, 0.3) is 0 Å². The van der Waals surface area contributed by atoms with Gasteiger partial charge in [-0.15, -0.1) is 11.3 Å². The zero-order valence-electron chi connectivity index (χ0n) is 38.5. The molecule has 4 aromatic heterocycles. The summed E-state index contributed by atoms with van der Waals surface area (Å²) in [5.74, 6) is 0. The first-order chi connectivity index (χ1) is 31.8. The second-order valence-electron chi connectivity index (χ2n) is 21.6. The Bertz CT molecular complexity index is 4090. The summed E-state index contributed by atoms with van der Waals surface area (Å²) in [7, 11) is 0.808. The molecule has 14 rings (SSSR count). The molecule has 2 aliphatic rings. The lowest BCUT2D eigenvalue weighted by molar-refractivity contribution is 0.332. The number of hydrogen-bond donors (Lipinski definition) is 1. The number of benzene rings is 8. The van der Waals surface area contributed by atoms with Crippen LogP contribution < -0.4 is 16.2 Å². The van der Waals surface area contributed by atoms with E-state index in [-0.39, 0.29) is 16.2 Å². The van der Waals surface area contributed by atoms with Crippen molar-refractivity contribution in [1.29, 1.82) is 0 Å². The van der Waals surface area contributed by atoms with Crippen molar-refractivity contribution in [1.82, 2.24) is 4.57 Å². The second kappa shape index (κ2) is 13.0. The summed E-state index contributed by atoms with van der Waals surface area (Å²) < 4.78 is 18.7. The minimum absolute atomic E-state index is 0.0586. The highest BCUT2D eigenvalue weighted by Crippen LogP contribution is 2.50. The number of nitrogens with zero attached hydrogens (tertiary/aromatic N) is 1. The minimum atomic E-state index is 0.0586. The third kappa shape index (κ3) is 5.39. The summed E-state index contributed by atoms with van der Waals surface area (Å²) in [5, 5.41) is 13.7. The van der Waals surface area contributed by atoms with Gasteiger partial charge in [-0.25, -0.2) is 0 Å². The summed E-state index contributed by atoms with van der Waals surface area (Å²) in [6.45, 7) is 16.4. The first-order valence-corrected chi connectivity index (χ1v) is 24.4. The van der Waals surface area contributed by atoms with Crippen LogP contribution in [0.15, 0.2) is 142 Å². The molecule has 0 bridgehead atoms. The van der Waals surface area contributed by atoms with Crippen LogP contribution in [0.5, 0.6) is 0 Å². The van der Waals surface area contributed by atoms with Crippen molar-refractivity contribution in [2.45, 2.75) is 77.6 Å². The zero-order valence-corrected chi connectivity index (χ0v) is 39.3. The van der Waals surface area contributed by atoms with Crippen molar-refractivity contribution in [2.75, 3.05) is 5.32 Å². The van der Waals surface area contributed by atoms with Crippen LogP contribution in [-0.4, -0.2) is 11.8 Å². The van der Waals surface area contributed by atoms with Crippen molar-refractivity contribution in [3.63, 3.8) is 0 Å². The number of fused-ring (bicyclic) bond motifs is 15. The summed E-state index contributed by atoms with van der Waals surface area (Å²) in [6.07, 6.45) is 2.32. The van der Waals surface area contributed by atoms with Gasteiger partial charge in [-0.05, 0) is 117 Å². The Kier molecular flexibility index (Phi) is 7.58. The lowest BCUT2D eigenvalue weighted by atomic mass is 9.59. The van der Waals surface area contributed by atoms with Crippen molar-refractivity contribution in [2.24, 2.45) is 0 Å². The van der Waals surface area contributed by atoms with Crippen LogP contribution in [0.25, 0.3) is 103 Å². The summed E-state index contributed by atoms with van der Waals surface area (Å²) >= 11 is 1.89. The van der Waals surface area contributed by atoms with Gasteiger partial charge in [-0.3, -0.25) is 0 Å². The van der Waals surface area contributed by atoms with Crippen LogP contribution >= 0.6 is 11.3 Å². The Hall–Kier alpha value is -6.76. The predicted octanol–water partition coefficient (Wildman–Crippen LogP) is 15.7. The Morgan fingerprint density at radius 2 is 1.24 bits per heavy atom. The molecular formula is C60H49BN2O2S. The average molecular weight is 873 g/mol. The third-order valence-electron chi connectivity index (χ3n) is 15.6. The highest BCUT2D eigenvalue weighted by atomic mass is 32.1. The number of hydrogen-bond acceptors (Lipinski definition) is 4. The van der Waals surface area contributed by atoms with E-state index in [4.69, 9.17) is 8.83 Å². The smallest absolute Gasteiger partial charge is 0.198 e. The molecule has 0 amide bonds.